The first kappa shape index (κ1) is 15.5. The molecule has 8 heteroatoms. The molecular weight excluding hydrogens is 276 g/mol. The summed E-state index contributed by atoms with van der Waals surface area (Å²) in [6.45, 7) is 1.25. The summed E-state index contributed by atoms with van der Waals surface area (Å²) in [4.78, 5) is 38.0. The minimum Gasteiger partial charge on any atom is -0.393 e. The van der Waals surface area contributed by atoms with Crippen molar-refractivity contribution in [1.29, 1.82) is 0 Å². The van der Waals surface area contributed by atoms with E-state index in [0.29, 0.717) is 25.9 Å². The highest BCUT2D eigenvalue weighted by molar-refractivity contribution is 6.01. The van der Waals surface area contributed by atoms with Gasteiger partial charge in [0.15, 0.2) is 5.78 Å². The highest BCUT2D eigenvalue weighted by Crippen LogP contribution is 2.11. The Morgan fingerprint density at radius 3 is 2.38 bits per heavy atom. The van der Waals surface area contributed by atoms with E-state index in [1.165, 1.54) is 14.1 Å². The van der Waals surface area contributed by atoms with Gasteiger partial charge in [0.2, 0.25) is 0 Å². The van der Waals surface area contributed by atoms with Crippen LogP contribution in [0.5, 0.6) is 0 Å². The maximum Gasteiger partial charge on any atom is 0.332 e. The SMILES string of the molecule is Cn1c(N)c(C(=O)CN2CCC(O)CC2)c(=O)n(C)c1=O. The van der Waals surface area contributed by atoms with E-state index in [2.05, 4.69) is 0 Å². The quantitative estimate of drug-likeness (QED) is 0.644. The van der Waals surface area contributed by atoms with Crippen LogP contribution in [0.1, 0.15) is 23.2 Å². The normalized spacial score (nSPS) is 17.1. The first-order valence-electron chi connectivity index (χ1n) is 6.82. The average molecular weight is 296 g/mol. The number of hydrogen-bond acceptors (Lipinski definition) is 6. The van der Waals surface area contributed by atoms with Gasteiger partial charge in [-0.15, -0.1) is 0 Å². The number of likely N-dealkylation sites (tertiary alicyclic amines) is 1. The van der Waals surface area contributed by atoms with E-state index in [1.807, 2.05) is 4.90 Å². The van der Waals surface area contributed by atoms with Gasteiger partial charge in [-0.05, 0) is 12.8 Å². The molecule has 1 aromatic rings. The molecule has 1 saturated heterocycles. The molecule has 1 aromatic heterocycles. The summed E-state index contributed by atoms with van der Waals surface area (Å²) in [7, 11) is 2.74. The number of hydrogen-bond donors (Lipinski definition) is 2. The summed E-state index contributed by atoms with van der Waals surface area (Å²) < 4.78 is 1.97. The lowest BCUT2D eigenvalue weighted by Crippen LogP contribution is -2.44. The van der Waals surface area contributed by atoms with Crippen LogP contribution >= 0.6 is 0 Å². The molecule has 1 aliphatic heterocycles. The number of Topliss-reactive ketones (excluding diaryl/α,β-unsaturated/α-hetero) is 1. The molecule has 0 bridgehead atoms. The fraction of sp³-hybridized carbons (Fsp3) is 0.615. The maximum atomic E-state index is 12.3. The smallest absolute Gasteiger partial charge is 0.332 e. The largest absolute Gasteiger partial charge is 0.393 e. The molecule has 0 aromatic carbocycles. The molecule has 21 heavy (non-hydrogen) atoms. The second-order valence-corrected chi connectivity index (χ2v) is 5.40. The standard InChI is InChI=1S/C13H20N4O4/c1-15-11(14)10(12(20)16(2)13(15)21)9(19)7-17-5-3-8(18)4-6-17/h8,18H,3-7,14H2,1-2H3. The molecule has 1 fully saturated rings. The monoisotopic (exact) mass is 296 g/mol. The molecule has 0 unspecified atom stereocenters. The molecule has 116 valence electrons. The maximum absolute atomic E-state index is 12.3. The second kappa shape index (κ2) is 5.82. The van der Waals surface area contributed by atoms with Crippen molar-refractivity contribution in [1.82, 2.24) is 14.0 Å². The van der Waals surface area contributed by atoms with E-state index in [0.717, 1.165) is 9.13 Å². The Bertz CT molecular complexity index is 668. The van der Waals surface area contributed by atoms with Crippen molar-refractivity contribution in [3.05, 3.63) is 26.4 Å². The van der Waals surface area contributed by atoms with Crippen molar-refractivity contribution in [2.45, 2.75) is 18.9 Å². The van der Waals surface area contributed by atoms with E-state index in [9.17, 15) is 19.5 Å². The fourth-order valence-electron chi connectivity index (χ4n) is 2.48. The molecule has 0 radical (unpaired) electrons. The Kier molecular flexibility index (Phi) is 4.29. The number of nitrogens with two attached hydrogens (primary N) is 1. The number of anilines is 1. The van der Waals surface area contributed by atoms with Crippen LogP contribution in [0.4, 0.5) is 5.82 Å². The number of nitrogens with zero attached hydrogens (tertiary/aromatic N) is 3. The summed E-state index contributed by atoms with van der Waals surface area (Å²) >= 11 is 0. The predicted molar refractivity (Wildman–Crippen MR) is 77.3 cm³/mol. The van der Waals surface area contributed by atoms with E-state index in [-0.39, 0.29) is 24.0 Å². The fourth-order valence-corrected chi connectivity index (χ4v) is 2.48. The minimum absolute atomic E-state index is 0.0599. The van der Waals surface area contributed by atoms with E-state index in [4.69, 9.17) is 5.73 Å². The van der Waals surface area contributed by atoms with E-state index in [1.54, 1.807) is 0 Å². The van der Waals surface area contributed by atoms with Gasteiger partial charge in [0.05, 0.1) is 12.6 Å². The van der Waals surface area contributed by atoms with Crippen LogP contribution in [0.25, 0.3) is 0 Å². The van der Waals surface area contributed by atoms with Crippen LogP contribution < -0.4 is 17.0 Å². The zero-order valence-electron chi connectivity index (χ0n) is 12.2. The highest BCUT2D eigenvalue weighted by atomic mass is 16.3. The molecule has 8 nitrogen and oxygen atoms in total. The summed E-state index contributed by atoms with van der Waals surface area (Å²) in [6, 6.07) is 0. The molecule has 0 atom stereocenters. The molecule has 3 N–H and O–H groups in total. The van der Waals surface area contributed by atoms with Crippen LogP contribution in [0.2, 0.25) is 0 Å². The van der Waals surface area contributed by atoms with Gasteiger partial charge in [-0.25, -0.2) is 4.79 Å². The first-order chi connectivity index (χ1) is 9.82. The summed E-state index contributed by atoms with van der Waals surface area (Å²) in [5.74, 6) is -0.509. The Morgan fingerprint density at radius 2 is 1.81 bits per heavy atom. The topological polar surface area (TPSA) is 111 Å². The average Bonchev–Trinajstić information content (AvgIpc) is 2.46. The van der Waals surface area contributed by atoms with Crippen LogP contribution in [-0.2, 0) is 14.1 Å². The summed E-state index contributed by atoms with van der Waals surface area (Å²) in [5, 5.41) is 9.45. The van der Waals surface area contributed by atoms with Crippen molar-refractivity contribution in [3.63, 3.8) is 0 Å². The number of carbonyl (C=O) groups is 1. The Hall–Kier alpha value is -1.93. The Morgan fingerprint density at radius 1 is 1.24 bits per heavy atom. The van der Waals surface area contributed by atoms with Crippen molar-refractivity contribution < 1.29 is 9.90 Å². The number of aliphatic hydroxyl groups excluding tert-OH is 1. The van der Waals surface area contributed by atoms with Gasteiger partial charge in [0, 0.05) is 27.2 Å². The van der Waals surface area contributed by atoms with Crippen molar-refractivity contribution in [2.75, 3.05) is 25.4 Å². The zero-order chi connectivity index (χ0) is 15.7. The number of aromatic nitrogens is 2. The van der Waals surface area contributed by atoms with Crippen molar-refractivity contribution >= 4 is 11.6 Å². The molecule has 1 aliphatic rings. The van der Waals surface area contributed by atoms with Crippen LogP contribution in [0.15, 0.2) is 9.59 Å². The van der Waals surface area contributed by atoms with E-state index < -0.39 is 17.0 Å². The molecular formula is C13H20N4O4. The van der Waals surface area contributed by atoms with Crippen LogP contribution in [-0.4, -0.2) is 50.7 Å². The number of nitrogen functional groups attached to an aromatic ring is 1. The lowest BCUT2D eigenvalue weighted by molar-refractivity contribution is 0.0710. The van der Waals surface area contributed by atoms with Crippen molar-refractivity contribution in [3.8, 4) is 0 Å². The number of rotatable bonds is 3. The number of piperidine rings is 1. The first-order valence-corrected chi connectivity index (χ1v) is 6.82. The van der Waals surface area contributed by atoms with Crippen LogP contribution in [0, 0.1) is 0 Å². The molecule has 0 aliphatic carbocycles. The Labute approximate surface area is 121 Å². The van der Waals surface area contributed by atoms with Gasteiger partial charge in [-0.2, -0.15) is 0 Å². The van der Waals surface area contributed by atoms with Gasteiger partial charge in [0.1, 0.15) is 11.4 Å². The predicted octanol–water partition coefficient (Wildman–Crippen LogP) is -1.69. The summed E-state index contributed by atoms with van der Waals surface area (Å²) in [6.07, 6.45) is 0.883. The summed E-state index contributed by atoms with van der Waals surface area (Å²) in [5.41, 5.74) is 4.38. The minimum atomic E-state index is -0.669. The van der Waals surface area contributed by atoms with Gasteiger partial charge in [-0.1, -0.05) is 0 Å². The van der Waals surface area contributed by atoms with Gasteiger partial charge >= 0.3 is 5.69 Å². The number of carbonyl (C=O) groups excluding carboxylic acids is 1. The van der Waals surface area contributed by atoms with E-state index >= 15 is 0 Å². The molecule has 2 rings (SSSR count). The lowest BCUT2D eigenvalue weighted by atomic mass is 10.1. The second-order valence-electron chi connectivity index (χ2n) is 5.40. The number of aliphatic hydroxyl groups is 1. The number of ketones is 1. The van der Waals surface area contributed by atoms with Gasteiger partial charge in [0.25, 0.3) is 5.56 Å². The molecule has 0 spiro atoms. The molecule has 0 saturated carbocycles. The zero-order valence-corrected chi connectivity index (χ0v) is 12.2. The lowest BCUT2D eigenvalue weighted by Gasteiger charge is -2.28. The third-order valence-corrected chi connectivity index (χ3v) is 3.91. The third kappa shape index (κ3) is 2.91. The molecule has 2 heterocycles. The van der Waals surface area contributed by atoms with Crippen LogP contribution in [0.3, 0.4) is 0 Å². The van der Waals surface area contributed by atoms with Gasteiger partial charge in [-0.3, -0.25) is 23.6 Å². The third-order valence-electron chi connectivity index (χ3n) is 3.91. The highest BCUT2D eigenvalue weighted by Gasteiger charge is 2.24. The van der Waals surface area contributed by atoms with Crippen molar-refractivity contribution in [2.24, 2.45) is 14.1 Å². The van der Waals surface area contributed by atoms with Gasteiger partial charge < -0.3 is 10.8 Å². The molecule has 0 amide bonds. The Balaban J connectivity index is 2.28.